The molecule has 0 bridgehead atoms. The summed E-state index contributed by atoms with van der Waals surface area (Å²) in [5.74, 6) is 1.35. The largest absolute Gasteiger partial charge is 0.467 e. The van der Waals surface area contributed by atoms with Gasteiger partial charge < -0.3 is 4.42 Å². The number of amides is 1. The summed E-state index contributed by atoms with van der Waals surface area (Å²) in [7, 11) is 0. The van der Waals surface area contributed by atoms with Crippen molar-refractivity contribution in [3.8, 4) is 0 Å². The van der Waals surface area contributed by atoms with E-state index in [-0.39, 0.29) is 11.9 Å². The Balaban J connectivity index is 1.46. The molecule has 2 aromatic rings. The van der Waals surface area contributed by atoms with Crippen LogP contribution in [0.3, 0.4) is 0 Å². The normalized spacial score (nSPS) is 22.0. The molecule has 1 amide bonds. The summed E-state index contributed by atoms with van der Waals surface area (Å²) in [5.41, 5.74) is 3.69. The molecule has 2 aliphatic rings. The van der Waals surface area contributed by atoms with Gasteiger partial charge in [-0.15, -0.1) is 11.8 Å². The maximum atomic E-state index is 13.1. The third-order valence-corrected chi connectivity index (χ3v) is 7.51. The third kappa shape index (κ3) is 4.77. The molecular weight excluding hydrogens is 380 g/mol. The molecule has 5 heteroatoms. The van der Waals surface area contributed by atoms with Crippen LogP contribution < -0.4 is 0 Å². The average molecular weight is 411 g/mol. The number of aryl methyl sites for hydroxylation is 1. The molecule has 154 valence electrons. The number of hydrogen-bond acceptors (Lipinski definition) is 4. The second kappa shape index (κ2) is 8.39. The Hall–Kier alpha value is -2.01. The number of hydrogen-bond donors (Lipinski definition) is 0. The lowest BCUT2D eigenvalue weighted by Crippen LogP contribution is -2.30. The Morgan fingerprint density at radius 1 is 1.21 bits per heavy atom. The predicted octanol–water partition coefficient (Wildman–Crippen LogP) is 5.97. The molecule has 4 rings (SSSR count). The minimum absolute atomic E-state index is 0.0725. The Labute approximate surface area is 177 Å². The van der Waals surface area contributed by atoms with Gasteiger partial charge in [-0.05, 0) is 55.7 Å². The Bertz CT molecular complexity index is 861. The van der Waals surface area contributed by atoms with Crippen molar-refractivity contribution in [2.45, 2.75) is 64.2 Å². The van der Waals surface area contributed by atoms with Gasteiger partial charge in [-0.3, -0.25) is 4.79 Å². The van der Waals surface area contributed by atoms with Crippen molar-refractivity contribution in [3.05, 3.63) is 59.5 Å². The fraction of sp³-hybridized carbons (Fsp3) is 0.500. The van der Waals surface area contributed by atoms with Gasteiger partial charge in [0.2, 0.25) is 0 Å². The SMILES string of the molecule is Cc1ccc(C2=NN(C(=O)CSC3CCC(C)(C)CC3)C(c3ccco3)C2)cc1. The summed E-state index contributed by atoms with van der Waals surface area (Å²) < 4.78 is 5.64. The van der Waals surface area contributed by atoms with Crippen molar-refractivity contribution in [2.75, 3.05) is 5.75 Å². The van der Waals surface area contributed by atoms with Gasteiger partial charge in [0.1, 0.15) is 11.8 Å². The van der Waals surface area contributed by atoms with E-state index >= 15 is 0 Å². The minimum atomic E-state index is -0.153. The molecule has 1 fully saturated rings. The highest BCUT2D eigenvalue weighted by Crippen LogP contribution is 2.40. The number of benzene rings is 1. The lowest BCUT2D eigenvalue weighted by molar-refractivity contribution is -0.130. The van der Waals surface area contributed by atoms with Crippen molar-refractivity contribution in [1.82, 2.24) is 5.01 Å². The minimum Gasteiger partial charge on any atom is -0.467 e. The van der Waals surface area contributed by atoms with Gasteiger partial charge in [0.15, 0.2) is 0 Å². The molecule has 1 atom stereocenters. The number of rotatable bonds is 5. The first-order valence-corrected chi connectivity index (χ1v) is 11.6. The first-order chi connectivity index (χ1) is 13.9. The van der Waals surface area contributed by atoms with Gasteiger partial charge in [0.25, 0.3) is 5.91 Å². The predicted molar refractivity (Wildman–Crippen MR) is 119 cm³/mol. The molecule has 1 aliphatic heterocycles. The van der Waals surface area contributed by atoms with Crippen LogP contribution in [-0.4, -0.2) is 27.6 Å². The zero-order valence-corrected chi connectivity index (χ0v) is 18.4. The highest BCUT2D eigenvalue weighted by atomic mass is 32.2. The highest BCUT2D eigenvalue weighted by Gasteiger charge is 2.35. The van der Waals surface area contributed by atoms with Gasteiger partial charge in [-0.2, -0.15) is 5.10 Å². The monoisotopic (exact) mass is 410 g/mol. The molecule has 0 N–H and O–H groups in total. The molecule has 4 nitrogen and oxygen atoms in total. The lowest BCUT2D eigenvalue weighted by atomic mass is 9.77. The van der Waals surface area contributed by atoms with Crippen molar-refractivity contribution in [3.63, 3.8) is 0 Å². The van der Waals surface area contributed by atoms with E-state index in [0.29, 0.717) is 22.8 Å². The van der Waals surface area contributed by atoms with Gasteiger partial charge in [-0.25, -0.2) is 5.01 Å². The van der Waals surface area contributed by atoms with Gasteiger partial charge >= 0.3 is 0 Å². The zero-order chi connectivity index (χ0) is 20.4. The second-order valence-corrected chi connectivity index (χ2v) is 10.3. The zero-order valence-electron chi connectivity index (χ0n) is 17.6. The summed E-state index contributed by atoms with van der Waals surface area (Å²) in [4.78, 5) is 13.1. The maximum absolute atomic E-state index is 13.1. The topological polar surface area (TPSA) is 45.8 Å². The highest BCUT2D eigenvalue weighted by molar-refractivity contribution is 8.00. The summed E-state index contributed by atoms with van der Waals surface area (Å²) in [6, 6.07) is 12.0. The van der Waals surface area contributed by atoms with Gasteiger partial charge in [-0.1, -0.05) is 43.7 Å². The maximum Gasteiger partial charge on any atom is 0.253 e. The van der Waals surface area contributed by atoms with E-state index in [1.807, 2.05) is 12.1 Å². The number of hydrazone groups is 1. The summed E-state index contributed by atoms with van der Waals surface area (Å²) in [5, 5.41) is 6.98. The first-order valence-electron chi connectivity index (χ1n) is 10.5. The number of thioether (sulfide) groups is 1. The Kier molecular flexibility index (Phi) is 5.86. The van der Waals surface area contributed by atoms with Crippen LogP contribution in [0.5, 0.6) is 0 Å². The molecule has 29 heavy (non-hydrogen) atoms. The van der Waals surface area contributed by atoms with Crippen molar-refractivity contribution >= 4 is 23.4 Å². The number of carbonyl (C=O) groups is 1. The second-order valence-electron chi connectivity index (χ2n) is 9.06. The third-order valence-electron chi connectivity index (χ3n) is 6.15. The van der Waals surface area contributed by atoms with Crippen LogP contribution in [0.4, 0.5) is 0 Å². The molecule has 2 heterocycles. The van der Waals surface area contributed by atoms with E-state index in [9.17, 15) is 4.79 Å². The van der Waals surface area contributed by atoms with E-state index in [1.54, 1.807) is 23.0 Å². The van der Waals surface area contributed by atoms with E-state index in [1.165, 1.54) is 31.2 Å². The summed E-state index contributed by atoms with van der Waals surface area (Å²) in [6.45, 7) is 6.77. The number of nitrogens with zero attached hydrogens (tertiary/aromatic N) is 2. The van der Waals surface area contributed by atoms with E-state index in [0.717, 1.165) is 17.0 Å². The first kappa shape index (κ1) is 20.3. The van der Waals surface area contributed by atoms with E-state index in [2.05, 4.69) is 45.0 Å². The van der Waals surface area contributed by atoms with Crippen LogP contribution in [0, 0.1) is 12.3 Å². The summed E-state index contributed by atoms with van der Waals surface area (Å²) in [6.07, 6.45) is 7.24. The quantitative estimate of drug-likeness (QED) is 0.610. The summed E-state index contributed by atoms with van der Waals surface area (Å²) >= 11 is 1.80. The van der Waals surface area contributed by atoms with Crippen LogP contribution in [0.1, 0.15) is 68.9 Å². The molecule has 0 saturated heterocycles. The Morgan fingerprint density at radius 3 is 2.59 bits per heavy atom. The fourth-order valence-corrected chi connectivity index (χ4v) is 5.24. The molecule has 0 radical (unpaired) electrons. The van der Waals surface area contributed by atoms with Crippen molar-refractivity contribution < 1.29 is 9.21 Å². The lowest BCUT2D eigenvalue weighted by Gasteiger charge is -2.34. The van der Waals surface area contributed by atoms with Crippen LogP contribution in [0.25, 0.3) is 0 Å². The molecule has 1 unspecified atom stereocenters. The molecule has 0 spiro atoms. The van der Waals surface area contributed by atoms with E-state index in [4.69, 9.17) is 9.52 Å². The molecular formula is C24H30N2O2S. The molecule has 1 aliphatic carbocycles. The van der Waals surface area contributed by atoms with Crippen LogP contribution in [0.2, 0.25) is 0 Å². The standard InChI is InChI=1S/C24H30N2O2S/c1-17-6-8-18(9-7-17)20-15-21(22-5-4-14-28-22)26(25-20)23(27)16-29-19-10-12-24(2,3)13-11-19/h4-9,14,19,21H,10-13,15-16H2,1-3H3. The van der Waals surface area contributed by atoms with Gasteiger partial charge in [0.05, 0.1) is 17.7 Å². The van der Waals surface area contributed by atoms with Crippen LogP contribution in [0.15, 0.2) is 52.2 Å². The Morgan fingerprint density at radius 2 is 1.93 bits per heavy atom. The van der Waals surface area contributed by atoms with Crippen LogP contribution in [-0.2, 0) is 4.79 Å². The molecule has 1 aromatic heterocycles. The number of furan rings is 1. The smallest absolute Gasteiger partial charge is 0.253 e. The average Bonchev–Trinajstić information content (AvgIpc) is 3.37. The molecule has 1 saturated carbocycles. The number of carbonyl (C=O) groups excluding carboxylic acids is 1. The van der Waals surface area contributed by atoms with Crippen molar-refractivity contribution in [2.24, 2.45) is 10.5 Å². The van der Waals surface area contributed by atoms with Gasteiger partial charge in [0, 0.05) is 11.7 Å². The van der Waals surface area contributed by atoms with Crippen LogP contribution >= 0.6 is 11.8 Å². The molecule has 1 aromatic carbocycles. The van der Waals surface area contributed by atoms with E-state index < -0.39 is 0 Å². The fourth-order valence-electron chi connectivity index (χ4n) is 4.16. The van der Waals surface area contributed by atoms with Crippen molar-refractivity contribution in [1.29, 1.82) is 0 Å².